The summed E-state index contributed by atoms with van der Waals surface area (Å²) in [5, 5.41) is 7.90. The molecule has 51 heavy (non-hydrogen) atoms. The van der Waals surface area contributed by atoms with Gasteiger partial charge in [0.05, 0.1) is 25.5 Å². The molecule has 0 saturated heterocycles. The highest BCUT2D eigenvalue weighted by molar-refractivity contribution is 7.90. The molecule has 262 valence electrons. The van der Waals surface area contributed by atoms with Crippen LogP contribution in [0.1, 0.15) is 71.7 Å². The van der Waals surface area contributed by atoms with Crippen molar-refractivity contribution in [2.45, 2.75) is 69.0 Å². The van der Waals surface area contributed by atoms with Crippen molar-refractivity contribution in [2.24, 2.45) is 5.41 Å². The van der Waals surface area contributed by atoms with E-state index in [2.05, 4.69) is 30.3 Å². The summed E-state index contributed by atoms with van der Waals surface area (Å²) in [5.74, 6) is 0.250. The number of carbonyl (C=O) groups excluding carboxylic acids is 1. The maximum atomic E-state index is 15.9. The first-order valence-corrected chi connectivity index (χ1v) is 19.1. The third kappa shape index (κ3) is 5.43. The first-order valence-electron chi connectivity index (χ1n) is 17.6. The van der Waals surface area contributed by atoms with Gasteiger partial charge in [0.1, 0.15) is 10.4 Å². The fourth-order valence-electron chi connectivity index (χ4n) is 8.32. The van der Waals surface area contributed by atoms with E-state index < -0.39 is 21.5 Å². The number of aromatic nitrogens is 2. The molecule has 2 unspecified atom stereocenters. The topological polar surface area (TPSA) is 110 Å². The van der Waals surface area contributed by atoms with E-state index in [-0.39, 0.29) is 22.3 Å². The number of amides is 2. The van der Waals surface area contributed by atoms with Crippen LogP contribution in [0.15, 0.2) is 108 Å². The van der Waals surface area contributed by atoms with Crippen LogP contribution in [0.5, 0.6) is 5.88 Å². The quantitative estimate of drug-likeness (QED) is 0.158. The molecule has 4 aromatic carbocycles. The van der Waals surface area contributed by atoms with Gasteiger partial charge in [0.15, 0.2) is 9.92 Å². The summed E-state index contributed by atoms with van der Waals surface area (Å²) in [6.45, 7) is 5.03. The Morgan fingerprint density at radius 1 is 0.961 bits per heavy atom. The van der Waals surface area contributed by atoms with Crippen molar-refractivity contribution >= 4 is 21.6 Å². The number of carbonyl (C=O) groups is 1. The van der Waals surface area contributed by atoms with Crippen LogP contribution in [0, 0.1) is 10.2 Å². The lowest BCUT2D eigenvalue weighted by Gasteiger charge is -2.45. The molecule has 9 nitrogen and oxygen atoms in total. The second-order valence-electron chi connectivity index (χ2n) is 14.6. The number of benzene rings is 4. The van der Waals surface area contributed by atoms with Gasteiger partial charge in [0.25, 0.3) is 0 Å². The summed E-state index contributed by atoms with van der Waals surface area (Å²) in [7, 11) is -2.49. The minimum Gasteiger partial charge on any atom is -0.476 e. The van der Waals surface area contributed by atoms with Crippen molar-refractivity contribution in [3.8, 4) is 5.88 Å². The van der Waals surface area contributed by atoms with Crippen molar-refractivity contribution in [1.82, 2.24) is 14.1 Å². The molecule has 5 aromatic rings. The van der Waals surface area contributed by atoms with Crippen LogP contribution in [0.3, 0.4) is 0 Å². The molecular weight excluding hydrogens is 659 g/mol. The molecule has 1 aromatic heterocycles. The van der Waals surface area contributed by atoms with E-state index in [0.717, 1.165) is 54.5 Å². The van der Waals surface area contributed by atoms with E-state index in [4.69, 9.17) is 9.47 Å². The van der Waals surface area contributed by atoms with Crippen LogP contribution in [-0.4, -0.2) is 38.0 Å². The number of hydrogen-bond donors (Lipinski definition) is 2. The van der Waals surface area contributed by atoms with Crippen LogP contribution in [0.2, 0.25) is 0 Å². The Balaban J connectivity index is 1.41. The molecular formula is C41H43N5O4S. The number of hydrogen-bond acceptors (Lipinski definition) is 6. The number of fused-ring (bicyclic) bond motifs is 3. The second kappa shape index (κ2) is 12.7. The van der Waals surface area contributed by atoms with Crippen molar-refractivity contribution in [2.75, 3.05) is 19.0 Å². The highest BCUT2D eigenvalue weighted by Gasteiger charge is 2.52. The number of methoxy groups -OCH3 is 1. The van der Waals surface area contributed by atoms with E-state index in [1.807, 2.05) is 91.0 Å². The van der Waals surface area contributed by atoms with Gasteiger partial charge in [-0.3, -0.25) is 0 Å². The van der Waals surface area contributed by atoms with Crippen LogP contribution in [0.4, 0.5) is 10.5 Å². The zero-order valence-electron chi connectivity index (χ0n) is 29.2. The van der Waals surface area contributed by atoms with Gasteiger partial charge < -0.3 is 14.8 Å². The molecule has 1 aliphatic heterocycles. The Kier molecular flexibility index (Phi) is 8.26. The molecule has 2 aliphatic carbocycles. The van der Waals surface area contributed by atoms with Crippen molar-refractivity contribution in [3.63, 3.8) is 0 Å². The number of urea groups is 1. The first-order chi connectivity index (χ1) is 24.6. The lowest BCUT2D eigenvalue weighted by atomic mass is 9.77. The fraction of sp³-hybridized carbons (Fsp3) is 0.317. The van der Waals surface area contributed by atoms with Gasteiger partial charge in [-0.15, -0.1) is 0 Å². The average Bonchev–Trinajstić information content (AvgIpc) is 3.89. The molecule has 2 amide bonds. The number of nitrogens with one attached hydrogen (secondary N) is 2. The molecule has 0 radical (unpaired) electrons. The third-order valence-electron chi connectivity index (χ3n) is 10.6. The SMILES string of the molecule is COC1CCc2c1cc1c(c2NC(=O)N(C(c2ccccc2)(c2ccccc2)c2ccccc2)S(=N)(=O)c2cnn3c2OCC(C)(C)C3)CCC1. The standard InChI is InChI=1S/C41H43N5O4S/c1-40(2)26-45-38(50-27-40)36(25-43-45)51(42,48)46(39(47)44-37-32-21-13-14-28(32)24-34-33(37)22-23-35(34)49-3)41(29-15-7-4-8-16-29,30-17-9-5-10-18-30)31-19-11-6-12-20-31/h4-12,15-20,24-25,35,42H,13-14,21-23,26-27H2,1-3H3,(H,44,47). The van der Waals surface area contributed by atoms with Gasteiger partial charge in [-0.25, -0.2) is 22.8 Å². The Morgan fingerprint density at radius 3 is 2.16 bits per heavy atom. The molecule has 3 aliphatic rings. The minimum atomic E-state index is -4.21. The second-order valence-corrected chi connectivity index (χ2v) is 16.4. The largest absolute Gasteiger partial charge is 0.476 e. The fourth-order valence-corrected chi connectivity index (χ4v) is 10.1. The summed E-state index contributed by atoms with van der Waals surface area (Å²) in [5.41, 5.74) is 5.51. The van der Waals surface area contributed by atoms with E-state index in [9.17, 15) is 4.78 Å². The number of nitrogens with zero attached hydrogens (tertiary/aromatic N) is 3. The average molecular weight is 702 g/mol. The predicted octanol–water partition coefficient (Wildman–Crippen LogP) is 8.27. The Bertz CT molecular complexity index is 2100. The van der Waals surface area contributed by atoms with Crippen LogP contribution in [0.25, 0.3) is 0 Å². The van der Waals surface area contributed by atoms with Crippen molar-refractivity contribution in [1.29, 1.82) is 4.78 Å². The van der Waals surface area contributed by atoms with E-state index in [1.165, 1.54) is 16.1 Å². The minimum absolute atomic E-state index is 0.0586. The monoisotopic (exact) mass is 701 g/mol. The first kappa shape index (κ1) is 33.2. The van der Waals surface area contributed by atoms with Gasteiger partial charge >= 0.3 is 6.03 Å². The molecule has 2 N–H and O–H groups in total. The van der Waals surface area contributed by atoms with Crippen LogP contribution in [-0.2, 0) is 46.0 Å². The molecule has 0 fully saturated rings. The normalized spacial score (nSPS) is 18.5. The highest BCUT2D eigenvalue weighted by Crippen LogP contribution is 2.49. The van der Waals surface area contributed by atoms with Gasteiger partial charge in [0.2, 0.25) is 5.88 Å². The van der Waals surface area contributed by atoms with Crippen molar-refractivity contribution in [3.05, 3.63) is 142 Å². The van der Waals surface area contributed by atoms with E-state index in [0.29, 0.717) is 29.8 Å². The summed E-state index contributed by atoms with van der Waals surface area (Å²) in [4.78, 5) is 15.7. The van der Waals surface area contributed by atoms with Gasteiger partial charge in [-0.05, 0) is 71.0 Å². The molecule has 10 heteroatoms. The lowest BCUT2D eigenvalue weighted by Crippen LogP contribution is -2.55. The van der Waals surface area contributed by atoms with Gasteiger partial charge in [-0.1, -0.05) is 111 Å². The van der Waals surface area contributed by atoms with E-state index >= 15 is 9.00 Å². The Hall–Kier alpha value is -4.93. The van der Waals surface area contributed by atoms with Gasteiger partial charge in [0, 0.05) is 18.2 Å². The molecule has 0 spiro atoms. The zero-order valence-corrected chi connectivity index (χ0v) is 30.0. The molecule has 2 heterocycles. The van der Waals surface area contributed by atoms with Crippen LogP contribution >= 0.6 is 0 Å². The maximum Gasteiger partial charge on any atom is 0.336 e. The number of anilines is 1. The van der Waals surface area contributed by atoms with Gasteiger partial charge in [-0.2, -0.15) is 5.10 Å². The van der Waals surface area contributed by atoms with E-state index in [1.54, 1.807) is 11.8 Å². The third-order valence-corrected chi connectivity index (χ3v) is 12.4. The lowest BCUT2D eigenvalue weighted by molar-refractivity contribution is 0.0970. The summed E-state index contributed by atoms with van der Waals surface area (Å²) < 4.78 is 41.1. The molecule has 2 atom stereocenters. The number of rotatable bonds is 8. The zero-order chi connectivity index (χ0) is 35.4. The Labute approximate surface area is 299 Å². The highest BCUT2D eigenvalue weighted by atomic mass is 32.2. The predicted molar refractivity (Wildman–Crippen MR) is 197 cm³/mol. The van der Waals surface area contributed by atoms with Crippen molar-refractivity contribution < 1.29 is 18.5 Å². The summed E-state index contributed by atoms with van der Waals surface area (Å²) >= 11 is 0. The summed E-state index contributed by atoms with van der Waals surface area (Å²) in [6, 6.07) is 30.4. The maximum absolute atomic E-state index is 15.9. The molecule has 8 rings (SSSR count). The smallest absolute Gasteiger partial charge is 0.336 e. The Morgan fingerprint density at radius 2 is 1.57 bits per heavy atom. The van der Waals surface area contributed by atoms with Crippen LogP contribution < -0.4 is 10.1 Å². The number of ether oxygens (including phenoxy) is 2. The number of aryl methyl sites for hydroxylation is 1. The molecule has 0 bridgehead atoms. The molecule has 0 saturated carbocycles. The summed E-state index contributed by atoms with van der Waals surface area (Å²) in [6.07, 6.45) is 5.67.